The number of rotatable bonds is 4. The zero-order chi connectivity index (χ0) is 11.6. The maximum Gasteiger partial charge on any atom is 0.153 e. The van der Waals surface area contributed by atoms with E-state index >= 15 is 0 Å². The molecule has 0 spiro atoms. The van der Waals surface area contributed by atoms with Crippen LogP contribution in [0.25, 0.3) is 0 Å². The molecule has 1 atom stereocenters. The van der Waals surface area contributed by atoms with E-state index in [1.54, 1.807) is 0 Å². The highest BCUT2D eigenvalue weighted by Gasteiger charge is 2.15. The molecule has 6 heteroatoms. The van der Waals surface area contributed by atoms with Crippen molar-refractivity contribution in [1.29, 1.82) is 0 Å². The molecule has 0 aromatic carbocycles. The highest BCUT2D eigenvalue weighted by atomic mass is 32.2. The second-order valence-corrected chi connectivity index (χ2v) is 6.89. The van der Waals surface area contributed by atoms with Crippen molar-refractivity contribution in [2.45, 2.75) is 25.6 Å². The topological polar surface area (TPSA) is 59.1 Å². The lowest BCUT2D eigenvalue weighted by atomic mass is 10.2. The van der Waals surface area contributed by atoms with E-state index < -0.39 is 9.84 Å². The molecule has 4 nitrogen and oxygen atoms in total. The van der Waals surface area contributed by atoms with Crippen LogP contribution in [0.3, 0.4) is 0 Å². The molecule has 1 N–H and O–H groups in total. The minimum Gasteiger partial charge on any atom is -0.312 e. The first-order valence-electron chi connectivity index (χ1n) is 4.64. The van der Waals surface area contributed by atoms with E-state index in [2.05, 4.69) is 10.3 Å². The van der Waals surface area contributed by atoms with Gasteiger partial charge in [-0.25, -0.2) is 13.4 Å². The highest BCUT2D eigenvalue weighted by molar-refractivity contribution is 7.90. The lowest BCUT2D eigenvalue weighted by Gasteiger charge is -2.06. The molecule has 1 unspecified atom stereocenters. The first kappa shape index (κ1) is 12.6. The van der Waals surface area contributed by atoms with Crippen molar-refractivity contribution in [3.05, 3.63) is 15.6 Å². The third kappa shape index (κ3) is 3.55. The molecule has 1 aromatic rings. The van der Waals surface area contributed by atoms with Crippen molar-refractivity contribution in [3.8, 4) is 0 Å². The minimum absolute atomic E-state index is 0.0366. The molecule has 0 aliphatic rings. The predicted molar refractivity (Wildman–Crippen MR) is 62.9 cm³/mol. The van der Waals surface area contributed by atoms with Gasteiger partial charge in [0.05, 0.1) is 5.69 Å². The maximum absolute atomic E-state index is 11.1. The van der Waals surface area contributed by atoms with Crippen molar-refractivity contribution in [2.75, 3.05) is 13.3 Å². The summed E-state index contributed by atoms with van der Waals surface area (Å²) in [7, 11) is -1.11. The quantitative estimate of drug-likeness (QED) is 0.872. The third-order valence-electron chi connectivity index (χ3n) is 2.09. The van der Waals surface area contributed by atoms with E-state index in [9.17, 15) is 8.42 Å². The summed E-state index contributed by atoms with van der Waals surface area (Å²) in [5.74, 6) is 0.0366. The molecule has 1 aromatic heterocycles. The molecule has 0 amide bonds. The second kappa shape index (κ2) is 4.59. The van der Waals surface area contributed by atoms with Crippen LogP contribution in [0, 0.1) is 6.92 Å². The SMILES string of the molecule is CNC(C)c1sc(CS(C)(=O)=O)nc1C. The Morgan fingerprint density at radius 1 is 1.53 bits per heavy atom. The van der Waals surface area contributed by atoms with Crippen LogP contribution in [0.1, 0.15) is 28.5 Å². The van der Waals surface area contributed by atoms with Gasteiger partial charge in [0, 0.05) is 17.2 Å². The molecule has 15 heavy (non-hydrogen) atoms. The van der Waals surface area contributed by atoms with Gasteiger partial charge in [0.2, 0.25) is 0 Å². The van der Waals surface area contributed by atoms with Crippen molar-refractivity contribution in [3.63, 3.8) is 0 Å². The Bertz CT molecular complexity index is 437. The maximum atomic E-state index is 11.1. The summed E-state index contributed by atoms with van der Waals surface area (Å²) in [6.07, 6.45) is 1.23. The number of aryl methyl sites for hydroxylation is 1. The molecule has 0 saturated carbocycles. The van der Waals surface area contributed by atoms with Gasteiger partial charge in [0.15, 0.2) is 9.84 Å². The highest BCUT2D eigenvalue weighted by Crippen LogP contribution is 2.25. The summed E-state index contributed by atoms with van der Waals surface area (Å²) in [5, 5.41) is 3.79. The van der Waals surface area contributed by atoms with Crippen LogP contribution < -0.4 is 5.32 Å². The second-order valence-electron chi connectivity index (χ2n) is 3.64. The van der Waals surface area contributed by atoms with Gasteiger partial charge >= 0.3 is 0 Å². The number of sulfone groups is 1. The predicted octanol–water partition coefficient (Wildman–Crippen LogP) is 1.28. The Balaban J connectivity index is 2.96. The van der Waals surface area contributed by atoms with E-state index in [-0.39, 0.29) is 11.8 Å². The fourth-order valence-corrected chi connectivity index (χ4v) is 3.60. The van der Waals surface area contributed by atoms with Crippen LogP contribution in [-0.4, -0.2) is 26.7 Å². The third-order valence-corrected chi connectivity index (χ3v) is 4.41. The van der Waals surface area contributed by atoms with Crippen LogP contribution >= 0.6 is 11.3 Å². The van der Waals surface area contributed by atoms with E-state index in [0.717, 1.165) is 10.6 Å². The standard InChI is InChI=1S/C9H16N2O2S2/c1-6(10-3)9-7(2)11-8(14-9)5-15(4,12)13/h6,10H,5H2,1-4H3. The number of thiazole rings is 1. The summed E-state index contributed by atoms with van der Waals surface area (Å²) in [4.78, 5) is 5.37. The summed E-state index contributed by atoms with van der Waals surface area (Å²) in [5.41, 5.74) is 0.917. The summed E-state index contributed by atoms with van der Waals surface area (Å²) in [6.45, 7) is 3.94. The first-order chi connectivity index (χ1) is 6.83. The van der Waals surface area contributed by atoms with Crippen LogP contribution in [-0.2, 0) is 15.6 Å². The number of nitrogens with zero attached hydrogens (tertiary/aromatic N) is 1. The van der Waals surface area contributed by atoms with Gasteiger partial charge in [-0.2, -0.15) is 0 Å². The van der Waals surface area contributed by atoms with Crippen LogP contribution in [0.5, 0.6) is 0 Å². The van der Waals surface area contributed by atoms with E-state index in [0.29, 0.717) is 5.01 Å². The molecule has 0 fully saturated rings. The zero-order valence-corrected chi connectivity index (χ0v) is 11.0. The minimum atomic E-state index is -2.99. The molecule has 0 bridgehead atoms. The molecule has 0 aliphatic heterocycles. The van der Waals surface area contributed by atoms with Crippen LogP contribution in [0.15, 0.2) is 0 Å². The van der Waals surface area contributed by atoms with E-state index in [1.165, 1.54) is 17.6 Å². The van der Waals surface area contributed by atoms with Crippen molar-refractivity contribution < 1.29 is 8.42 Å². The van der Waals surface area contributed by atoms with Crippen molar-refractivity contribution in [1.82, 2.24) is 10.3 Å². The smallest absolute Gasteiger partial charge is 0.153 e. The number of hydrogen-bond donors (Lipinski definition) is 1. The normalized spacial score (nSPS) is 14.1. The zero-order valence-electron chi connectivity index (χ0n) is 9.36. The molecule has 86 valence electrons. The van der Waals surface area contributed by atoms with Gasteiger partial charge in [-0.3, -0.25) is 0 Å². The lowest BCUT2D eigenvalue weighted by Crippen LogP contribution is -2.11. The van der Waals surface area contributed by atoms with Gasteiger partial charge < -0.3 is 5.32 Å². The van der Waals surface area contributed by atoms with E-state index in [1.807, 2.05) is 20.9 Å². The fourth-order valence-electron chi connectivity index (χ4n) is 1.28. The molecule has 0 radical (unpaired) electrons. The molecular weight excluding hydrogens is 232 g/mol. The first-order valence-corrected chi connectivity index (χ1v) is 7.52. The van der Waals surface area contributed by atoms with Crippen molar-refractivity contribution >= 4 is 21.2 Å². The number of hydrogen-bond acceptors (Lipinski definition) is 5. The average molecular weight is 248 g/mol. The van der Waals surface area contributed by atoms with Crippen LogP contribution in [0.2, 0.25) is 0 Å². The molecular formula is C9H16N2O2S2. The van der Waals surface area contributed by atoms with E-state index in [4.69, 9.17) is 0 Å². The van der Waals surface area contributed by atoms with Crippen molar-refractivity contribution in [2.24, 2.45) is 0 Å². The summed E-state index contributed by atoms with van der Waals surface area (Å²) >= 11 is 1.47. The Morgan fingerprint density at radius 2 is 2.13 bits per heavy atom. The Morgan fingerprint density at radius 3 is 2.60 bits per heavy atom. The lowest BCUT2D eigenvalue weighted by molar-refractivity contribution is 0.601. The molecule has 1 rings (SSSR count). The monoisotopic (exact) mass is 248 g/mol. The molecule has 0 aliphatic carbocycles. The Hall–Kier alpha value is -0.460. The van der Waals surface area contributed by atoms with Gasteiger partial charge in [-0.05, 0) is 20.9 Å². The Labute approximate surface area is 94.7 Å². The summed E-state index contributed by atoms with van der Waals surface area (Å²) in [6, 6.07) is 0.218. The summed E-state index contributed by atoms with van der Waals surface area (Å²) < 4.78 is 22.2. The average Bonchev–Trinajstić information content (AvgIpc) is 2.42. The number of aromatic nitrogens is 1. The number of nitrogens with one attached hydrogen (secondary N) is 1. The fraction of sp³-hybridized carbons (Fsp3) is 0.667. The van der Waals surface area contributed by atoms with Gasteiger partial charge in [0.1, 0.15) is 10.8 Å². The van der Waals surface area contributed by atoms with Gasteiger partial charge in [-0.15, -0.1) is 11.3 Å². The molecule has 0 saturated heterocycles. The molecule has 1 heterocycles. The Kier molecular flexibility index (Phi) is 3.86. The van der Waals surface area contributed by atoms with Gasteiger partial charge in [-0.1, -0.05) is 0 Å². The van der Waals surface area contributed by atoms with Crippen LogP contribution in [0.4, 0.5) is 0 Å². The van der Waals surface area contributed by atoms with Gasteiger partial charge in [0.25, 0.3) is 0 Å². The largest absolute Gasteiger partial charge is 0.312 e.